The van der Waals surface area contributed by atoms with Crippen LogP contribution in [0.1, 0.15) is 42.2 Å². The van der Waals surface area contributed by atoms with Crippen LogP contribution in [0.2, 0.25) is 0 Å². The molecule has 0 unspecified atom stereocenters. The number of aromatic nitrogens is 1. The van der Waals surface area contributed by atoms with Gasteiger partial charge < -0.3 is 10.6 Å². The average molecular weight is 351 g/mol. The molecule has 0 radical (unpaired) electrons. The average Bonchev–Trinajstić information content (AvgIpc) is 2.58. The molecule has 1 aromatic carbocycles. The molecule has 25 heavy (non-hydrogen) atoms. The highest BCUT2D eigenvalue weighted by Gasteiger charge is 2.33. The van der Waals surface area contributed by atoms with Crippen molar-refractivity contribution in [1.29, 1.82) is 0 Å². The lowest BCUT2D eigenvalue weighted by atomic mass is 10.1. The molecule has 0 aliphatic rings. The molecule has 1 amide bonds. The summed E-state index contributed by atoms with van der Waals surface area (Å²) in [5.41, 5.74) is -0.418. The number of anilines is 2. The minimum absolute atomic E-state index is 0.0532. The number of para-hydroxylation sites is 1. The van der Waals surface area contributed by atoms with Crippen LogP contribution >= 0.6 is 0 Å². The van der Waals surface area contributed by atoms with Gasteiger partial charge in [0.15, 0.2) is 0 Å². The maximum atomic E-state index is 13.0. The smallest absolute Gasteiger partial charge is 0.385 e. The Labute approximate surface area is 144 Å². The van der Waals surface area contributed by atoms with E-state index in [1.807, 2.05) is 0 Å². The molecule has 4 nitrogen and oxygen atoms in total. The molecule has 0 spiro atoms. The lowest BCUT2D eigenvalue weighted by Gasteiger charge is -2.13. The number of hydrogen-bond donors (Lipinski definition) is 2. The van der Waals surface area contributed by atoms with Gasteiger partial charge in [-0.1, -0.05) is 31.9 Å². The number of carbonyl (C=O) groups is 1. The van der Waals surface area contributed by atoms with Crippen molar-refractivity contribution in [3.63, 3.8) is 0 Å². The topological polar surface area (TPSA) is 54.0 Å². The maximum absolute atomic E-state index is 13.0. The largest absolute Gasteiger partial charge is 0.418 e. The molecule has 2 N–H and O–H groups in total. The van der Waals surface area contributed by atoms with Crippen molar-refractivity contribution in [2.45, 2.75) is 32.4 Å². The normalized spacial score (nSPS) is 11.2. The Morgan fingerprint density at radius 1 is 1.16 bits per heavy atom. The van der Waals surface area contributed by atoms with E-state index in [9.17, 15) is 18.0 Å². The summed E-state index contributed by atoms with van der Waals surface area (Å²) in [6.45, 7) is 2.86. The predicted octanol–water partition coefficient (Wildman–Crippen LogP) is 4.95. The minimum Gasteiger partial charge on any atom is -0.385 e. The van der Waals surface area contributed by atoms with Crippen LogP contribution in [0.25, 0.3) is 0 Å². The van der Waals surface area contributed by atoms with Crippen molar-refractivity contribution >= 4 is 17.3 Å². The first-order valence-electron chi connectivity index (χ1n) is 8.09. The number of rotatable bonds is 7. The van der Waals surface area contributed by atoms with Crippen LogP contribution in [0.15, 0.2) is 42.6 Å². The molecule has 0 bridgehead atoms. The van der Waals surface area contributed by atoms with Gasteiger partial charge in [0.1, 0.15) is 5.69 Å². The van der Waals surface area contributed by atoms with Crippen molar-refractivity contribution in [3.05, 3.63) is 53.9 Å². The molecular weight excluding hydrogens is 331 g/mol. The van der Waals surface area contributed by atoms with E-state index in [-0.39, 0.29) is 11.4 Å². The fraction of sp³-hybridized carbons (Fsp3) is 0.333. The zero-order valence-electron chi connectivity index (χ0n) is 13.9. The predicted molar refractivity (Wildman–Crippen MR) is 91.6 cm³/mol. The molecule has 134 valence electrons. The van der Waals surface area contributed by atoms with Crippen molar-refractivity contribution in [1.82, 2.24) is 4.98 Å². The first-order chi connectivity index (χ1) is 11.9. The molecule has 1 heterocycles. The molecule has 2 aromatic rings. The van der Waals surface area contributed by atoms with E-state index < -0.39 is 17.6 Å². The molecule has 0 saturated carbocycles. The highest BCUT2D eigenvalue weighted by Crippen LogP contribution is 2.34. The fourth-order valence-electron chi connectivity index (χ4n) is 2.30. The second kappa shape index (κ2) is 8.50. The van der Waals surface area contributed by atoms with Gasteiger partial charge >= 0.3 is 6.18 Å². The van der Waals surface area contributed by atoms with Crippen molar-refractivity contribution < 1.29 is 18.0 Å². The van der Waals surface area contributed by atoms with Crippen molar-refractivity contribution in [2.75, 3.05) is 17.2 Å². The molecule has 0 atom stereocenters. The van der Waals surface area contributed by atoms with E-state index in [1.165, 1.54) is 30.5 Å². The van der Waals surface area contributed by atoms with Crippen LogP contribution < -0.4 is 10.6 Å². The summed E-state index contributed by atoms with van der Waals surface area (Å²) >= 11 is 0. The third kappa shape index (κ3) is 5.48. The summed E-state index contributed by atoms with van der Waals surface area (Å²) in [4.78, 5) is 16.2. The summed E-state index contributed by atoms with van der Waals surface area (Å²) in [7, 11) is 0. The van der Waals surface area contributed by atoms with E-state index in [0.29, 0.717) is 5.69 Å². The Hall–Kier alpha value is -2.57. The second-order valence-electron chi connectivity index (χ2n) is 5.56. The third-order valence-electron chi connectivity index (χ3n) is 3.58. The minimum atomic E-state index is -4.54. The van der Waals surface area contributed by atoms with Gasteiger partial charge in [-0.15, -0.1) is 0 Å². The number of halogens is 3. The second-order valence-corrected chi connectivity index (χ2v) is 5.56. The molecular formula is C18H20F3N3O. The number of nitrogens with one attached hydrogen (secondary N) is 2. The van der Waals surface area contributed by atoms with Gasteiger partial charge in [0, 0.05) is 18.4 Å². The van der Waals surface area contributed by atoms with Crippen LogP contribution in [0.5, 0.6) is 0 Å². The maximum Gasteiger partial charge on any atom is 0.418 e. The van der Waals surface area contributed by atoms with Crippen LogP contribution in [0.3, 0.4) is 0 Å². The number of nitrogens with zero attached hydrogens (tertiary/aromatic N) is 1. The monoisotopic (exact) mass is 351 g/mol. The van der Waals surface area contributed by atoms with Gasteiger partial charge in [-0.2, -0.15) is 13.2 Å². The third-order valence-corrected chi connectivity index (χ3v) is 3.58. The Bertz CT molecular complexity index is 717. The van der Waals surface area contributed by atoms with E-state index in [4.69, 9.17) is 0 Å². The summed E-state index contributed by atoms with van der Waals surface area (Å²) in [6.07, 6.45) is 0.107. The SMILES string of the molecule is CCCCCNc1ccnc(C(=O)Nc2ccccc2C(F)(F)F)c1. The van der Waals surface area contributed by atoms with Crippen LogP contribution in [-0.4, -0.2) is 17.4 Å². The molecule has 0 aliphatic carbocycles. The molecule has 1 aromatic heterocycles. The van der Waals surface area contributed by atoms with Gasteiger partial charge in [0.25, 0.3) is 5.91 Å². The lowest BCUT2D eigenvalue weighted by molar-refractivity contribution is -0.136. The number of hydrogen-bond acceptors (Lipinski definition) is 3. The summed E-state index contributed by atoms with van der Waals surface area (Å²) < 4.78 is 39.0. The van der Waals surface area contributed by atoms with Gasteiger partial charge in [-0.05, 0) is 30.7 Å². The van der Waals surface area contributed by atoms with Crippen molar-refractivity contribution in [3.8, 4) is 0 Å². The van der Waals surface area contributed by atoms with Crippen LogP contribution in [-0.2, 0) is 6.18 Å². The first-order valence-corrected chi connectivity index (χ1v) is 8.09. The standard InChI is InChI=1S/C18H20F3N3O/c1-2-3-6-10-22-13-9-11-23-16(12-13)17(25)24-15-8-5-4-7-14(15)18(19,20)21/h4-5,7-9,11-12H,2-3,6,10H2,1H3,(H,22,23)(H,24,25). The van der Waals surface area contributed by atoms with Crippen molar-refractivity contribution in [2.24, 2.45) is 0 Å². The van der Waals surface area contributed by atoms with Gasteiger partial charge in [0.05, 0.1) is 11.3 Å². The molecule has 7 heteroatoms. The fourth-order valence-corrected chi connectivity index (χ4v) is 2.30. The Kier molecular flexibility index (Phi) is 6.38. The van der Waals surface area contributed by atoms with E-state index in [1.54, 1.807) is 6.07 Å². The zero-order valence-corrected chi connectivity index (χ0v) is 13.9. The van der Waals surface area contributed by atoms with E-state index in [0.717, 1.165) is 31.9 Å². The summed E-state index contributed by atoms with van der Waals surface area (Å²) in [6, 6.07) is 8.09. The summed E-state index contributed by atoms with van der Waals surface area (Å²) in [5.74, 6) is -0.686. The number of unbranched alkanes of at least 4 members (excludes halogenated alkanes) is 2. The van der Waals surface area contributed by atoms with Crippen LogP contribution in [0.4, 0.5) is 24.5 Å². The van der Waals surface area contributed by atoms with Gasteiger partial charge in [0.2, 0.25) is 0 Å². The number of alkyl halides is 3. The zero-order chi connectivity index (χ0) is 18.3. The molecule has 0 saturated heterocycles. The molecule has 0 aliphatic heterocycles. The number of amides is 1. The van der Waals surface area contributed by atoms with Gasteiger partial charge in [-0.25, -0.2) is 0 Å². The molecule has 0 fully saturated rings. The van der Waals surface area contributed by atoms with E-state index >= 15 is 0 Å². The molecule has 2 rings (SSSR count). The Balaban J connectivity index is 2.09. The Morgan fingerprint density at radius 2 is 1.92 bits per heavy atom. The lowest BCUT2D eigenvalue weighted by Crippen LogP contribution is -2.17. The van der Waals surface area contributed by atoms with Crippen LogP contribution in [0, 0.1) is 0 Å². The first kappa shape index (κ1) is 18.8. The van der Waals surface area contributed by atoms with E-state index in [2.05, 4.69) is 22.5 Å². The van der Waals surface area contributed by atoms with Gasteiger partial charge in [-0.3, -0.25) is 9.78 Å². The quantitative estimate of drug-likeness (QED) is 0.694. The highest BCUT2D eigenvalue weighted by molar-refractivity contribution is 6.03. The number of carbonyl (C=O) groups excluding carboxylic acids is 1. The summed E-state index contributed by atoms with van der Waals surface area (Å²) in [5, 5.41) is 5.46. The highest BCUT2D eigenvalue weighted by atomic mass is 19.4. The Morgan fingerprint density at radius 3 is 2.64 bits per heavy atom. The number of pyridine rings is 1. The number of benzene rings is 1.